The summed E-state index contributed by atoms with van der Waals surface area (Å²) >= 11 is 0. The average molecular weight is 364 g/mol. The molecule has 0 unspecified atom stereocenters. The van der Waals surface area contributed by atoms with Crippen LogP contribution in [-0.2, 0) is 9.47 Å². The summed E-state index contributed by atoms with van der Waals surface area (Å²) in [5, 5.41) is 38.8. The van der Waals surface area contributed by atoms with E-state index in [1.807, 2.05) is 12.1 Å². The Morgan fingerprint density at radius 1 is 1.11 bits per heavy atom. The Hall–Kier alpha value is -2.95. The molecule has 0 spiro atoms. The Kier molecular flexibility index (Phi) is 3.74. The van der Waals surface area contributed by atoms with Crippen molar-refractivity contribution in [2.45, 2.75) is 44.0 Å². The van der Waals surface area contributed by atoms with Crippen molar-refractivity contribution in [2.75, 3.05) is 0 Å². The van der Waals surface area contributed by atoms with E-state index in [-0.39, 0.29) is 11.5 Å². The summed E-state index contributed by atoms with van der Waals surface area (Å²) in [4.78, 5) is 0. The summed E-state index contributed by atoms with van der Waals surface area (Å²) in [5.74, 6) is -2.75. The van der Waals surface area contributed by atoms with Gasteiger partial charge >= 0.3 is 0 Å². The summed E-state index contributed by atoms with van der Waals surface area (Å²) < 4.78 is 26.0. The van der Waals surface area contributed by atoms with Gasteiger partial charge in [-0.3, -0.25) is 5.41 Å². The van der Waals surface area contributed by atoms with Crippen molar-refractivity contribution in [3.63, 3.8) is 0 Å². The number of halogens is 1. The molecule has 27 heavy (non-hydrogen) atoms. The Morgan fingerprint density at radius 3 is 2.56 bits per heavy atom. The van der Waals surface area contributed by atoms with E-state index >= 15 is 0 Å². The maximum absolute atomic E-state index is 13.9. The molecule has 2 bridgehead atoms. The van der Waals surface area contributed by atoms with E-state index in [0.717, 1.165) is 19.3 Å². The molecule has 0 aromatic heterocycles. The van der Waals surface area contributed by atoms with E-state index < -0.39 is 34.5 Å². The minimum atomic E-state index is -2.01. The van der Waals surface area contributed by atoms with Crippen LogP contribution in [0, 0.1) is 62.0 Å². The van der Waals surface area contributed by atoms with Crippen LogP contribution in [-0.4, -0.2) is 11.7 Å². The highest BCUT2D eigenvalue weighted by molar-refractivity contribution is 5.89. The summed E-state index contributed by atoms with van der Waals surface area (Å²) in [6.07, 6.45) is 2.29. The van der Waals surface area contributed by atoms with E-state index in [9.17, 15) is 20.2 Å². The molecule has 2 aliphatic heterocycles. The highest BCUT2D eigenvalue weighted by Crippen LogP contribution is 2.68. The van der Waals surface area contributed by atoms with Gasteiger partial charge in [0.05, 0.1) is 24.1 Å². The number of nitrogens with one attached hydrogen (secondary N) is 1. The Balaban J connectivity index is 2.01. The zero-order valence-electron chi connectivity index (χ0n) is 14.5. The minimum Gasteiger partial charge on any atom is -0.447 e. The van der Waals surface area contributed by atoms with E-state index in [4.69, 9.17) is 14.9 Å². The van der Waals surface area contributed by atoms with Crippen LogP contribution >= 0.6 is 0 Å². The molecule has 0 amide bonds. The smallest absolute Gasteiger partial charge is 0.217 e. The van der Waals surface area contributed by atoms with E-state index in [1.54, 1.807) is 6.07 Å². The first-order valence-electron chi connectivity index (χ1n) is 8.95. The van der Waals surface area contributed by atoms with Gasteiger partial charge in [0.1, 0.15) is 11.9 Å². The van der Waals surface area contributed by atoms with E-state index in [0.29, 0.717) is 12.8 Å². The fourth-order valence-electron chi connectivity index (χ4n) is 5.01. The topological polar surface area (TPSA) is 114 Å². The summed E-state index contributed by atoms with van der Waals surface area (Å²) in [7, 11) is 0. The highest BCUT2D eigenvalue weighted by atomic mass is 19.1. The second-order valence-corrected chi connectivity index (χ2v) is 7.40. The first-order chi connectivity index (χ1) is 13.0. The lowest BCUT2D eigenvalue weighted by molar-refractivity contribution is -0.285. The zero-order valence-corrected chi connectivity index (χ0v) is 14.5. The molecule has 136 valence electrons. The van der Waals surface area contributed by atoms with Crippen molar-refractivity contribution in [3.05, 3.63) is 35.6 Å². The van der Waals surface area contributed by atoms with Crippen molar-refractivity contribution in [3.8, 4) is 18.2 Å². The predicted molar refractivity (Wildman–Crippen MR) is 90.0 cm³/mol. The normalized spacial score (nSPS) is 36.3. The molecule has 0 radical (unpaired) electrons. The van der Waals surface area contributed by atoms with Crippen molar-refractivity contribution < 1.29 is 13.9 Å². The predicted octanol–water partition coefficient (Wildman–Crippen LogP) is 3.72. The number of benzene rings is 1. The highest BCUT2D eigenvalue weighted by Gasteiger charge is 2.80. The van der Waals surface area contributed by atoms with Gasteiger partial charge < -0.3 is 9.47 Å². The first kappa shape index (κ1) is 17.5. The van der Waals surface area contributed by atoms with Gasteiger partial charge in [0.2, 0.25) is 17.1 Å². The lowest BCUT2D eigenvalue weighted by Gasteiger charge is -2.49. The molecule has 4 rings (SSSR count). The van der Waals surface area contributed by atoms with Crippen LogP contribution in [0.15, 0.2) is 24.3 Å². The summed E-state index contributed by atoms with van der Waals surface area (Å²) in [5.41, 5.74) is -3.48. The van der Waals surface area contributed by atoms with Crippen LogP contribution in [0.2, 0.25) is 0 Å². The fourth-order valence-corrected chi connectivity index (χ4v) is 5.01. The standard InChI is InChI=1S/C20H17FN4O2/c21-14-6-4-5-13(9-14)16-18(10-22,11-23)19(12-24)15-7-2-1-3-8-20(15,26-16)27-17(19)25/h4-6,9,15-16,25H,1-3,7-8H2/t15-,16+,19+,20+/m0/s1. The third kappa shape index (κ3) is 1.97. The Bertz CT molecular complexity index is 929. The lowest BCUT2D eigenvalue weighted by atomic mass is 9.52. The monoisotopic (exact) mass is 364 g/mol. The molecular formula is C20H17FN4O2. The molecule has 2 saturated heterocycles. The number of ether oxygens (including phenoxy) is 2. The Morgan fingerprint density at radius 2 is 1.89 bits per heavy atom. The lowest BCUT2D eigenvalue weighted by Crippen LogP contribution is -2.59. The van der Waals surface area contributed by atoms with Gasteiger partial charge in [-0.1, -0.05) is 25.0 Å². The SMILES string of the molecule is N#CC1(C#N)[C@@H](c2cccc(F)c2)O[C@@]23CCCCC[C@H]2[C@]1(C#N)C(=N)O3. The second kappa shape index (κ2) is 5.78. The van der Waals surface area contributed by atoms with Crippen molar-refractivity contribution in [1.29, 1.82) is 21.2 Å². The molecule has 7 heteroatoms. The minimum absolute atomic E-state index is 0.290. The van der Waals surface area contributed by atoms with Crippen molar-refractivity contribution in [1.82, 2.24) is 0 Å². The molecule has 1 aromatic carbocycles. The average Bonchev–Trinajstić information content (AvgIpc) is 2.80. The molecule has 6 nitrogen and oxygen atoms in total. The molecule has 3 aliphatic rings. The van der Waals surface area contributed by atoms with Crippen LogP contribution in [0.1, 0.15) is 43.8 Å². The van der Waals surface area contributed by atoms with Crippen molar-refractivity contribution in [2.24, 2.45) is 16.7 Å². The molecule has 2 heterocycles. The van der Waals surface area contributed by atoms with Gasteiger partial charge in [-0.25, -0.2) is 4.39 Å². The van der Waals surface area contributed by atoms with Crippen LogP contribution in [0.3, 0.4) is 0 Å². The third-order valence-electron chi connectivity index (χ3n) is 6.22. The molecular weight excluding hydrogens is 347 g/mol. The zero-order chi connectivity index (χ0) is 19.3. The molecule has 3 fully saturated rings. The maximum atomic E-state index is 13.9. The molecule has 1 N–H and O–H groups in total. The van der Waals surface area contributed by atoms with Crippen LogP contribution in [0.4, 0.5) is 4.39 Å². The molecule has 1 aromatic rings. The number of hydrogen-bond donors (Lipinski definition) is 1. The van der Waals surface area contributed by atoms with Gasteiger partial charge in [-0.2, -0.15) is 15.8 Å². The van der Waals surface area contributed by atoms with Crippen LogP contribution < -0.4 is 0 Å². The number of rotatable bonds is 1. The fraction of sp³-hybridized carbons (Fsp3) is 0.500. The van der Waals surface area contributed by atoms with Crippen LogP contribution in [0.25, 0.3) is 0 Å². The summed E-state index contributed by atoms with van der Waals surface area (Å²) in [6.45, 7) is 0. The number of hydrogen-bond acceptors (Lipinski definition) is 6. The van der Waals surface area contributed by atoms with Gasteiger partial charge in [-0.05, 0) is 30.5 Å². The molecule has 4 atom stereocenters. The largest absolute Gasteiger partial charge is 0.447 e. The first-order valence-corrected chi connectivity index (χ1v) is 8.95. The summed E-state index contributed by atoms with van der Waals surface area (Å²) in [6, 6.07) is 11.6. The third-order valence-corrected chi connectivity index (χ3v) is 6.22. The van der Waals surface area contributed by atoms with Gasteiger partial charge in [0, 0.05) is 6.42 Å². The quantitative estimate of drug-likeness (QED) is 0.815. The van der Waals surface area contributed by atoms with Gasteiger partial charge in [-0.15, -0.1) is 0 Å². The van der Waals surface area contributed by atoms with Gasteiger partial charge in [0.15, 0.2) is 5.41 Å². The molecule has 1 saturated carbocycles. The Labute approximate surface area is 156 Å². The van der Waals surface area contributed by atoms with Gasteiger partial charge in [0.25, 0.3) is 0 Å². The molecule has 1 aliphatic carbocycles. The maximum Gasteiger partial charge on any atom is 0.217 e. The van der Waals surface area contributed by atoms with Crippen molar-refractivity contribution >= 4 is 5.90 Å². The van der Waals surface area contributed by atoms with Crippen LogP contribution in [0.5, 0.6) is 0 Å². The number of nitrogens with zero attached hydrogens (tertiary/aromatic N) is 3. The van der Waals surface area contributed by atoms with E-state index in [1.165, 1.54) is 18.2 Å². The number of nitriles is 3. The second-order valence-electron chi connectivity index (χ2n) is 7.40. The van der Waals surface area contributed by atoms with E-state index in [2.05, 4.69) is 6.07 Å².